The van der Waals surface area contributed by atoms with Crippen LogP contribution in [0.5, 0.6) is 0 Å². The van der Waals surface area contributed by atoms with Crippen LogP contribution in [0.25, 0.3) is 0 Å². The Labute approximate surface area is 115 Å². The Morgan fingerprint density at radius 1 is 1.47 bits per heavy atom. The Bertz CT molecular complexity index is 447. The number of anilines is 1. The molecule has 1 aliphatic heterocycles. The highest BCUT2D eigenvalue weighted by molar-refractivity contribution is 5.79. The molecule has 19 heavy (non-hydrogen) atoms. The summed E-state index contributed by atoms with van der Waals surface area (Å²) >= 11 is 0. The maximum absolute atomic E-state index is 11.7. The first-order valence-electron chi connectivity index (χ1n) is 6.95. The SMILES string of the molecule is CCN(CCN1CC(N)CC1=O)c1cccc(C)c1. The molecular weight excluding hydrogens is 238 g/mol. The van der Waals surface area contributed by atoms with Crippen LogP contribution < -0.4 is 10.6 Å². The zero-order valence-corrected chi connectivity index (χ0v) is 11.8. The maximum Gasteiger partial charge on any atom is 0.224 e. The molecule has 1 aromatic carbocycles. The molecule has 1 aromatic rings. The van der Waals surface area contributed by atoms with Gasteiger partial charge in [0.2, 0.25) is 5.91 Å². The molecule has 0 aromatic heterocycles. The van der Waals surface area contributed by atoms with Gasteiger partial charge >= 0.3 is 0 Å². The third kappa shape index (κ3) is 3.47. The average Bonchev–Trinajstić information content (AvgIpc) is 2.69. The van der Waals surface area contributed by atoms with Crippen LogP contribution in [0, 0.1) is 6.92 Å². The second-order valence-corrected chi connectivity index (χ2v) is 5.22. The van der Waals surface area contributed by atoms with Crippen molar-refractivity contribution in [2.24, 2.45) is 5.73 Å². The van der Waals surface area contributed by atoms with Crippen molar-refractivity contribution < 1.29 is 4.79 Å². The molecule has 1 amide bonds. The molecule has 1 heterocycles. The second kappa shape index (κ2) is 6.06. The fourth-order valence-electron chi connectivity index (χ4n) is 2.55. The number of rotatable bonds is 5. The molecule has 1 atom stereocenters. The van der Waals surface area contributed by atoms with E-state index in [1.165, 1.54) is 11.3 Å². The van der Waals surface area contributed by atoms with Crippen molar-refractivity contribution in [3.05, 3.63) is 29.8 Å². The van der Waals surface area contributed by atoms with Crippen LogP contribution in [0.2, 0.25) is 0 Å². The normalized spacial score (nSPS) is 19.0. The summed E-state index contributed by atoms with van der Waals surface area (Å²) < 4.78 is 0. The Hall–Kier alpha value is -1.55. The zero-order valence-electron chi connectivity index (χ0n) is 11.8. The van der Waals surface area contributed by atoms with Crippen LogP contribution >= 0.6 is 0 Å². The summed E-state index contributed by atoms with van der Waals surface area (Å²) in [5.74, 6) is 0.188. The molecule has 2 rings (SSSR count). The van der Waals surface area contributed by atoms with Crippen molar-refractivity contribution >= 4 is 11.6 Å². The van der Waals surface area contributed by atoms with E-state index in [2.05, 4.69) is 43.0 Å². The van der Waals surface area contributed by atoms with Gasteiger partial charge in [0, 0.05) is 44.3 Å². The first-order chi connectivity index (χ1) is 9.10. The molecule has 0 saturated carbocycles. The summed E-state index contributed by atoms with van der Waals surface area (Å²) in [6.45, 7) is 7.49. The number of benzene rings is 1. The van der Waals surface area contributed by atoms with Crippen molar-refractivity contribution in [2.45, 2.75) is 26.3 Å². The minimum absolute atomic E-state index is 0.0153. The molecule has 1 fully saturated rings. The van der Waals surface area contributed by atoms with E-state index in [1.807, 2.05) is 4.90 Å². The molecule has 0 spiro atoms. The molecule has 2 N–H and O–H groups in total. The van der Waals surface area contributed by atoms with Crippen molar-refractivity contribution in [3.63, 3.8) is 0 Å². The lowest BCUT2D eigenvalue weighted by Gasteiger charge is -2.26. The van der Waals surface area contributed by atoms with Gasteiger partial charge in [-0.3, -0.25) is 4.79 Å². The first kappa shape index (κ1) is 13.9. The van der Waals surface area contributed by atoms with E-state index >= 15 is 0 Å². The number of carbonyl (C=O) groups is 1. The summed E-state index contributed by atoms with van der Waals surface area (Å²) in [7, 11) is 0. The van der Waals surface area contributed by atoms with Gasteiger partial charge in [0.15, 0.2) is 0 Å². The Balaban J connectivity index is 1.95. The van der Waals surface area contributed by atoms with Gasteiger partial charge in [-0.15, -0.1) is 0 Å². The predicted octanol–water partition coefficient (Wildman–Crippen LogP) is 1.38. The number of aryl methyl sites for hydroxylation is 1. The van der Waals surface area contributed by atoms with Crippen LogP contribution in [0.1, 0.15) is 18.9 Å². The van der Waals surface area contributed by atoms with Gasteiger partial charge in [-0.25, -0.2) is 0 Å². The van der Waals surface area contributed by atoms with Gasteiger partial charge in [-0.2, -0.15) is 0 Å². The smallest absolute Gasteiger partial charge is 0.224 e. The number of likely N-dealkylation sites (N-methyl/N-ethyl adjacent to an activating group) is 1. The minimum Gasteiger partial charge on any atom is -0.370 e. The van der Waals surface area contributed by atoms with Crippen LogP contribution in [0.3, 0.4) is 0 Å². The van der Waals surface area contributed by atoms with Crippen molar-refractivity contribution in [1.29, 1.82) is 0 Å². The minimum atomic E-state index is 0.0153. The standard InChI is InChI=1S/C15H23N3O/c1-3-17(14-6-4-5-12(2)9-14)7-8-18-11-13(16)10-15(18)19/h4-6,9,13H,3,7-8,10-11,16H2,1-2H3. The molecule has 104 valence electrons. The summed E-state index contributed by atoms with van der Waals surface area (Å²) in [5, 5.41) is 0. The zero-order chi connectivity index (χ0) is 13.8. The monoisotopic (exact) mass is 261 g/mol. The van der Waals surface area contributed by atoms with Crippen LogP contribution in [0.15, 0.2) is 24.3 Å². The van der Waals surface area contributed by atoms with E-state index in [0.717, 1.165) is 19.6 Å². The number of likely N-dealkylation sites (tertiary alicyclic amines) is 1. The van der Waals surface area contributed by atoms with Gasteiger partial charge < -0.3 is 15.5 Å². The molecule has 4 heteroatoms. The van der Waals surface area contributed by atoms with Gasteiger partial charge in [0.1, 0.15) is 0 Å². The van der Waals surface area contributed by atoms with Gasteiger partial charge in [0.05, 0.1) is 0 Å². The number of carbonyl (C=O) groups excluding carboxylic acids is 1. The number of hydrogen-bond acceptors (Lipinski definition) is 3. The number of nitrogens with zero attached hydrogens (tertiary/aromatic N) is 2. The Morgan fingerprint density at radius 3 is 2.84 bits per heavy atom. The van der Waals surface area contributed by atoms with Gasteiger partial charge in [-0.05, 0) is 31.5 Å². The highest BCUT2D eigenvalue weighted by Crippen LogP contribution is 2.16. The molecule has 0 radical (unpaired) electrons. The third-order valence-corrected chi connectivity index (χ3v) is 3.63. The maximum atomic E-state index is 11.7. The van der Waals surface area contributed by atoms with Gasteiger partial charge in [-0.1, -0.05) is 12.1 Å². The van der Waals surface area contributed by atoms with E-state index in [0.29, 0.717) is 13.0 Å². The lowest BCUT2D eigenvalue weighted by atomic mass is 10.2. The first-order valence-corrected chi connectivity index (χ1v) is 6.95. The molecule has 1 aliphatic rings. The fourth-order valence-corrected chi connectivity index (χ4v) is 2.55. The molecule has 0 aliphatic carbocycles. The Morgan fingerprint density at radius 2 is 2.26 bits per heavy atom. The summed E-state index contributed by atoms with van der Waals surface area (Å²) in [6, 6.07) is 8.49. The summed E-state index contributed by atoms with van der Waals surface area (Å²) in [4.78, 5) is 15.9. The molecule has 0 bridgehead atoms. The van der Waals surface area contributed by atoms with Crippen LogP contribution in [0.4, 0.5) is 5.69 Å². The van der Waals surface area contributed by atoms with Crippen molar-refractivity contribution in [3.8, 4) is 0 Å². The Kier molecular flexibility index (Phi) is 4.43. The quantitative estimate of drug-likeness (QED) is 0.871. The molecular formula is C15H23N3O. The number of amides is 1. The van der Waals surface area contributed by atoms with Crippen molar-refractivity contribution in [1.82, 2.24) is 4.90 Å². The third-order valence-electron chi connectivity index (χ3n) is 3.63. The second-order valence-electron chi connectivity index (χ2n) is 5.22. The van der Waals surface area contributed by atoms with Crippen molar-refractivity contribution in [2.75, 3.05) is 31.1 Å². The van der Waals surface area contributed by atoms with E-state index < -0.39 is 0 Å². The average molecular weight is 261 g/mol. The van der Waals surface area contributed by atoms with E-state index in [1.54, 1.807) is 0 Å². The van der Waals surface area contributed by atoms with Gasteiger partial charge in [0.25, 0.3) is 0 Å². The topological polar surface area (TPSA) is 49.6 Å². The van der Waals surface area contributed by atoms with Crippen LogP contribution in [-0.2, 0) is 4.79 Å². The molecule has 1 saturated heterocycles. The highest BCUT2D eigenvalue weighted by atomic mass is 16.2. The molecule has 1 unspecified atom stereocenters. The lowest BCUT2D eigenvalue weighted by Crippen LogP contribution is -2.37. The lowest BCUT2D eigenvalue weighted by molar-refractivity contribution is -0.127. The van der Waals surface area contributed by atoms with E-state index in [-0.39, 0.29) is 11.9 Å². The predicted molar refractivity (Wildman–Crippen MR) is 78.2 cm³/mol. The largest absolute Gasteiger partial charge is 0.370 e. The summed E-state index contributed by atoms with van der Waals surface area (Å²) in [6.07, 6.45) is 0.497. The summed E-state index contributed by atoms with van der Waals surface area (Å²) in [5.41, 5.74) is 8.29. The van der Waals surface area contributed by atoms with E-state index in [9.17, 15) is 4.79 Å². The number of nitrogens with two attached hydrogens (primary N) is 1. The van der Waals surface area contributed by atoms with E-state index in [4.69, 9.17) is 5.73 Å². The van der Waals surface area contributed by atoms with Crippen LogP contribution in [-0.4, -0.2) is 43.0 Å². The fraction of sp³-hybridized carbons (Fsp3) is 0.533. The molecule has 4 nitrogen and oxygen atoms in total. The number of hydrogen-bond donors (Lipinski definition) is 1. The highest BCUT2D eigenvalue weighted by Gasteiger charge is 2.26.